The van der Waals surface area contributed by atoms with Gasteiger partial charge in [-0.1, -0.05) is 0 Å². The maximum absolute atomic E-state index is 5.65. The number of methoxy groups -OCH3 is 1. The van der Waals surface area contributed by atoms with Crippen LogP contribution in [0.2, 0.25) is 0 Å². The van der Waals surface area contributed by atoms with E-state index >= 15 is 0 Å². The predicted molar refractivity (Wildman–Crippen MR) is 77.5 cm³/mol. The molecule has 0 saturated heterocycles. The van der Waals surface area contributed by atoms with Gasteiger partial charge in [-0.15, -0.1) is 0 Å². The Bertz CT molecular complexity index is 587. The van der Waals surface area contributed by atoms with Crippen LogP contribution in [0, 0.1) is 20.8 Å². The molecule has 1 aromatic heterocycles. The van der Waals surface area contributed by atoms with Gasteiger partial charge in [-0.3, -0.25) is 5.10 Å². The van der Waals surface area contributed by atoms with Gasteiger partial charge in [0.15, 0.2) is 0 Å². The zero-order valence-electron chi connectivity index (χ0n) is 12.0. The van der Waals surface area contributed by atoms with Crippen LogP contribution in [-0.2, 0) is 6.42 Å². The van der Waals surface area contributed by atoms with Crippen molar-refractivity contribution in [2.45, 2.75) is 27.2 Å². The van der Waals surface area contributed by atoms with E-state index in [2.05, 4.69) is 37.0 Å². The van der Waals surface area contributed by atoms with Crippen molar-refractivity contribution in [1.29, 1.82) is 0 Å². The molecule has 0 amide bonds. The smallest absolute Gasteiger partial charge is 0.122 e. The minimum Gasteiger partial charge on any atom is -0.496 e. The van der Waals surface area contributed by atoms with Gasteiger partial charge in [0.1, 0.15) is 5.75 Å². The maximum Gasteiger partial charge on any atom is 0.122 e. The van der Waals surface area contributed by atoms with Crippen molar-refractivity contribution in [2.24, 2.45) is 5.73 Å². The molecule has 1 heterocycles. The largest absolute Gasteiger partial charge is 0.496 e. The molecule has 0 unspecified atom stereocenters. The third-order valence-corrected chi connectivity index (χ3v) is 3.65. The Balaban J connectivity index is 2.62. The number of hydrogen-bond donors (Lipinski definition) is 2. The molecule has 2 aromatic rings. The summed E-state index contributed by atoms with van der Waals surface area (Å²) in [6.45, 7) is 6.92. The van der Waals surface area contributed by atoms with E-state index in [9.17, 15) is 0 Å². The summed E-state index contributed by atoms with van der Waals surface area (Å²) < 4.78 is 5.41. The summed E-state index contributed by atoms with van der Waals surface area (Å²) in [6, 6.07) is 2.08. The number of nitrogens with one attached hydrogen (secondary N) is 1. The lowest BCUT2D eigenvalue weighted by molar-refractivity contribution is 0.411. The Labute approximate surface area is 114 Å². The topological polar surface area (TPSA) is 63.9 Å². The lowest BCUT2D eigenvalue weighted by atomic mass is 9.92. The van der Waals surface area contributed by atoms with Crippen LogP contribution in [0.5, 0.6) is 5.75 Å². The Morgan fingerprint density at radius 2 is 2.00 bits per heavy atom. The molecule has 4 nitrogen and oxygen atoms in total. The highest BCUT2D eigenvalue weighted by Gasteiger charge is 2.16. The molecule has 0 saturated carbocycles. The molecule has 102 valence electrons. The van der Waals surface area contributed by atoms with Crippen LogP contribution >= 0.6 is 0 Å². The number of H-pyrrole nitrogens is 1. The molecule has 2 rings (SSSR count). The van der Waals surface area contributed by atoms with E-state index < -0.39 is 0 Å². The van der Waals surface area contributed by atoms with Crippen LogP contribution in [0.4, 0.5) is 0 Å². The standard InChI is InChI=1S/C15H21N3O/c1-9-7-14(19-4)10(2)11(3)15(9)12-8-17-18-13(12)5-6-16/h7-8H,5-6,16H2,1-4H3,(H,17,18). The molecule has 0 aliphatic rings. The second-order valence-electron chi connectivity index (χ2n) is 4.82. The van der Waals surface area contributed by atoms with Crippen LogP contribution in [0.25, 0.3) is 11.1 Å². The minimum absolute atomic E-state index is 0.614. The van der Waals surface area contributed by atoms with Gasteiger partial charge in [-0.05, 0) is 55.6 Å². The average molecular weight is 259 g/mol. The fourth-order valence-corrected chi connectivity index (χ4v) is 2.53. The fraction of sp³-hybridized carbons (Fsp3) is 0.400. The average Bonchev–Trinajstić information content (AvgIpc) is 2.83. The number of aryl methyl sites for hydroxylation is 1. The summed E-state index contributed by atoms with van der Waals surface area (Å²) in [5.41, 5.74) is 12.7. The predicted octanol–water partition coefficient (Wildman–Crippen LogP) is 2.51. The first-order valence-corrected chi connectivity index (χ1v) is 6.47. The zero-order valence-corrected chi connectivity index (χ0v) is 12.0. The number of nitrogens with two attached hydrogens (primary N) is 1. The monoisotopic (exact) mass is 259 g/mol. The van der Waals surface area contributed by atoms with Gasteiger partial charge < -0.3 is 10.5 Å². The molecule has 0 radical (unpaired) electrons. The highest BCUT2D eigenvalue weighted by molar-refractivity contribution is 5.75. The number of benzene rings is 1. The Kier molecular flexibility index (Phi) is 3.90. The van der Waals surface area contributed by atoms with E-state index in [-0.39, 0.29) is 0 Å². The summed E-state index contributed by atoms with van der Waals surface area (Å²) >= 11 is 0. The van der Waals surface area contributed by atoms with Crippen molar-refractivity contribution in [3.63, 3.8) is 0 Å². The lowest BCUT2D eigenvalue weighted by Crippen LogP contribution is -2.05. The number of hydrogen-bond acceptors (Lipinski definition) is 3. The molecule has 0 atom stereocenters. The van der Waals surface area contributed by atoms with E-state index in [1.807, 2.05) is 6.20 Å². The van der Waals surface area contributed by atoms with Crippen molar-refractivity contribution in [3.05, 3.63) is 34.6 Å². The molecule has 0 fully saturated rings. The second-order valence-corrected chi connectivity index (χ2v) is 4.82. The van der Waals surface area contributed by atoms with E-state index in [1.54, 1.807) is 7.11 Å². The lowest BCUT2D eigenvalue weighted by Gasteiger charge is -2.16. The van der Waals surface area contributed by atoms with Crippen molar-refractivity contribution < 1.29 is 4.74 Å². The number of nitrogens with zero attached hydrogens (tertiary/aromatic N) is 1. The van der Waals surface area contributed by atoms with E-state index in [1.165, 1.54) is 22.3 Å². The highest BCUT2D eigenvalue weighted by atomic mass is 16.5. The molecule has 0 spiro atoms. The summed E-state index contributed by atoms with van der Waals surface area (Å²) in [5, 5.41) is 7.21. The third-order valence-electron chi connectivity index (χ3n) is 3.65. The minimum atomic E-state index is 0.614. The fourth-order valence-electron chi connectivity index (χ4n) is 2.53. The normalized spacial score (nSPS) is 10.8. The summed E-state index contributed by atoms with van der Waals surface area (Å²) in [4.78, 5) is 0. The van der Waals surface area contributed by atoms with Crippen molar-refractivity contribution in [2.75, 3.05) is 13.7 Å². The quantitative estimate of drug-likeness (QED) is 0.886. The number of rotatable bonds is 4. The van der Waals surface area contributed by atoms with Crippen LogP contribution in [0.3, 0.4) is 0 Å². The SMILES string of the molecule is COc1cc(C)c(-c2cn[nH]c2CCN)c(C)c1C. The van der Waals surface area contributed by atoms with Gasteiger partial charge in [0, 0.05) is 17.7 Å². The van der Waals surface area contributed by atoms with E-state index in [4.69, 9.17) is 10.5 Å². The maximum atomic E-state index is 5.65. The zero-order chi connectivity index (χ0) is 14.0. The molecule has 4 heteroatoms. The molecular formula is C15H21N3O. The van der Waals surface area contributed by atoms with Crippen LogP contribution in [0.1, 0.15) is 22.4 Å². The molecular weight excluding hydrogens is 238 g/mol. The van der Waals surface area contributed by atoms with Gasteiger partial charge in [0.05, 0.1) is 13.3 Å². The van der Waals surface area contributed by atoms with Gasteiger partial charge in [-0.2, -0.15) is 5.10 Å². The first-order chi connectivity index (χ1) is 9.10. The first kappa shape index (κ1) is 13.6. The van der Waals surface area contributed by atoms with Crippen LogP contribution in [-0.4, -0.2) is 23.9 Å². The molecule has 3 N–H and O–H groups in total. The number of aromatic amines is 1. The van der Waals surface area contributed by atoms with Gasteiger partial charge >= 0.3 is 0 Å². The first-order valence-electron chi connectivity index (χ1n) is 6.47. The van der Waals surface area contributed by atoms with Crippen LogP contribution < -0.4 is 10.5 Å². The third kappa shape index (κ3) is 2.36. The van der Waals surface area contributed by atoms with Gasteiger partial charge in [0.25, 0.3) is 0 Å². The molecule has 0 aliphatic heterocycles. The van der Waals surface area contributed by atoms with Gasteiger partial charge in [-0.25, -0.2) is 0 Å². The Morgan fingerprint density at radius 1 is 1.26 bits per heavy atom. The summed E-state index contributed by atoms with van der Waals surface area (Å²) in [6.07, 6.45) is 2.69. The molecule has 0 bridgehead atoms. The summed E-state index contributed by atoms with van der Waals surface area (Å²) in [7, 11) is 1.71. The molecule has 19 heavy (non-hydrogen) atoms. The van der Waals surface area contributed by atoms with Crippen LogP contribution in [0.15, 0.2) is 12.3 Å². The summed E-state index contributed by atoms with van der Waals surface area (Å²) in [5.74, 6) is 0.933. The van der Waals surface area contributed by atoms with E-state index in [0.29, 0.717) is 6.54 Å². The van der Waals surface area contributed by atoms with Crippen molar-refractivity contribution in [3.8, 4) is 16.9 Å². The number of aromatic nitrogens is 2. The second kappa shape index (κ2) is 5.45. The van der Waals surface area contributed by atoms with E-state index in [0.717, 1.165) is 23.4 Å². The molecule has 1 aromatic carbocycles. The van der Waals surface area contributed by atoms with Crippen molar-refractivity contribution in [1.82, 2.24) is 10.2 Å². The molecule has 0 aliphatic carbocycles. The van der Waals surface area contributed by atoms with Crippen molar-refractivity contribution >= 4 is 0 Å². The number of ether oxygens (including phenoxy) is 1. The Morgan fingerprint density at radius 3 is 2.63 bits per heavy atom. The Hall–Kier alpha value is -1.81. The highest BCUT2D eigenvalue weighted by Crippen LogP contribution is 2.35. The van der Waals surface area contributed by atoms with Gasteiger partial charge in [0.2, 0.25) is 0 Å².